The van der Waals surface area contributed by atoms with E-state index in [9.17, 15) is 9.59 Å². The number of halogens is 1. The van der Waals surface area contributed by atoms with E-state index < -0.39 is 0 Å². The number of aromatic nitrogens is 5. The van der Waals surface area contributed by atoms with E-state index in [4.69, 9.17) is 4.42 Å². The molecule has 0 unspecified atom stereocenters. The van der Waals surface area contributed by atoms with E-state index in [1.807, 2.05) is 30.3 Å². The summed E-state index contributed by atoms with van der Waals surface area (Å²) < 4.78 is 11.1. The molecule has 3 heterocycles. The number of hydrogen-bond donors (Lipinski definition) is 1. The molecule has 160 valence electrons. The lowest BCUT2D eigenvalue weighted by atomic mass is 10.3. The lowest BCUT2D eigenvalue weighted by Gasteiger charge is -2.07. The Hall–Kier alpha value is -3.05. The third-order valence-electron chi connectivity index (χ3n) is 4.78. The summed E-state index contributed by atoms with van der Waals surface area (Å²) in [6, 6.07) is 12.8. The van der Waals surface area contributed by atoms with Crippen LogP contribution < -0.4 is 10.9 Å². The minimum absolute atomic E-state index is 0.0763. The summed E-state index contributed by atoms with van der Waals surface area (Å²) in [6.45, 7) is 1.79. The number of nitrogens with zero attached hydrogens (tertiary/aromatic N) is 5. The van der Waals surface area contributed by atoms with Gasteiger partial charge in [0.2, 0.25) is 5.91 Å². The number of amides is 1. The fourth-order valence-corrected chi connectivity index (χ4v) is 4.13. The zero-order valence-electron chi connectivity index (χ0n) is 17.0. The zero-order valence-corrected chi connectivity index (χ0v) is 19.4. The first-order chi connectivity index (χ1) is 14.9. The number of carbonyl (C=O) groups excluding carboxylic acids is 1. The van der Waals surface area contributed by atoms with Crippen LogP contribution in [0.3, 0.4) is 0 Å². The Balaban J connectivity index is 1.48. The lowest BCUT2D eigenvalue weighted by Crippen LogP contribution is -2.23. The maximum absolute atomic E-state index is 12.9. The molecule has 0 aliphatic heterocycles. The molecule has 1 N–H and O–H groups in total. The molecule has 0 radical (unpaired) electrons. The van der Waals surface area contributed by atoms with Crippen molar-refractivity contribution in [1.82, 2.24) is 24.1 Å². The maximum atomic E-state index is 12.9. The topological polar surface area (TPSA) is 99.9 Å². The second-order valence-corrected chi connectivity index (χ2v) is 8.47. The van der Waals surface area contributed by atoms with E-state index >= 15 is 0 Å². The van der Waals surface area contributed by atoms with Gasteiger partial charge in [-0.1, -0.05) is 30.0 Å². The molecular formula is C20H19BrN6O3S. The molecule has 3 aromatic heterocycles. The van der Waals surface area contributed by atoms with Gasteiger partial charge in [0.05, 0.1) is 17.1 Å². The van der Waals surface area contributed by atoms with Crippen LogP contribution in [-0.2, 0) is 18.9 Å². The second kappa shape index (κ2) is 8.60. The lowest BCUT2D eigenvalue weighted by molar-refractivity contribution is -0.113. The summed E-state index contributed by atoms with van der Waals surface area (Å²) in [4.78, 5) is 25.5. The smallest absolute Gasteiger partial charge is 0.295 e. The highest BCUT2D eigenvalue weighted by molar-refractivity contribution is 9.10. The second-order valence-electron chi connectivity index (χ2n) is 6.74. The molecule has 4 rings (SSSR count). The Bertz CT molecular complexity index is 1300. The SMILES string of the molecule is Cc1c(NC(=O)CSc2nnc(-c3ccc(Br)o3)n2C)c(=O)n(-c2ccccc2)n1C. The zero-order chi connectivity index (χ0) is 22.1. The quantitative estimate of drug-likeness (QED) is 0.405. The van der Waals surface area contributed by atoms with Gasteiger partial charge in [0.1, 0.15) is 5.69 Å². The van der Waals surface area contributed by atoms with Crippen molar-refractivity contribution in [3.05, 3.63) is 63.2 Å². The van der Waals surface area contributed by atoms with E-state index in [-0.39, 0.29) is 22.9 Å². The van der Waals surface area contributed by atoms with Gasteiger partial charge >= 0.3 is 0 Å². The predicted octanol–water partition coefficient (Wildman–Crippen LogP) is 3.37. The van der Waals surface area contributed by atoms with Crippen LogP contribution in [0.5, 0.6) is 0 Å². The molecule has 9 nitrogen and oxygen atoms in total. The van der Waals surface area contributed by atoms with Crippen LogP contribution in [0.1, 0.15) is 5.69 Å². The highest BCUT2D eigenvalue weighted by Gasteiger charge is 2.19. The van der Waals surface area contributed by atoms with Crippen molar-refractivity contribution < 1.29 is 9.21 Å². The molecule has 0 saturated heterocycles. The van der Waals surface area contributed by atoms with Crippen LogP contribution in [0.15, 0.2) is 61.5 Å². The molecule has 0 aliphatic rings. The van der Waals surface area contributed by atoms with Crippen LogP contribution in [0, 0.1) is 6.92 Å². The normalized spacial score (nSPS) is 11.1. The Morgan fingerprint density at radius 2 is 1.90 bits per heavy atom. The monoisotopic (exact) mass is 502 g/mol. The molecular weight excluding hydrogens is 484 g/mol. The largest absolute Gasteiger partial charge is 0.446 e. The van der Waals surface area contributed by atoms with E-state index in [2.05, 4.69) is 31.4 Å². The first-order valence-electron chi connectivity index (χ1n) is 9.28. The highest BCUT2D eigenvalue weighted by Crippen LogP contribution is 2.26. The van der Waals surface area contributed by atoms with Crippen molar-refractivity contribution in [2.24, 2.45) is 14.1 Å². The van der Waals surface area contributed by atoms with Gasteiger partial charge in [-0.25, -0.2) is 4.68 Å². The average molecular weight is 503 g/mol. The number of benzene rings is 1. The van der Waals surface area contributed by atoms with E-state index in [0.29, 0.717) is 27.1 Å². The van der Waals surface area contributed by atoms with Gasteiger partial charge in [0.25, 0.3) is 5.56 Å². The summed E-state index contributed by atoms with van der Waals surface area (Å²) in [5.74, 6) is 0.895. The van der Waals surface area contributed by atoms with E-state index in [1.54, 1.807) is 42.4 Å². The first kappa shape index (κ1) is 21.2. The number of para-hydroxylation sites is 1. The fraction of sp³-hybridized carbons (Fsp3) is 0.200. The third-order valence-corrected chi connectivity index (χ3v) is 6.23. The first-order valence-corrected chi connectivity index (χ1v) is 11.1. The summed E-state index contributed by atoms with van der Waals surface area (Å²) in [7, 11) is 3.58. The fourth-order valence-electron chi connectivity index (χ4n) is 3.11. The van der Waals surface area contributed by atoms with E-state index in [0.717, 1.165) is 5.69 Å². The average Bonchev–Trinajstić information content (AvgIpc) is 3.40. The Kier molecular flexibility index (Phi) is 5.88. The van der Waals surface area contributed by atoms with Gasteiger partial charge in [-0.05, 0) is 47.1 Å². The van der Waals surface area contributed by atoms with Gasteiger partial charge in [-0.15, -0.1) is 10.2 Å². The highest BCUT2D eigenvalue weighted by atomic mass is 79.9. The summed E-state index contributed by atoms with van der Waals surface area (Å²) in [5, 5.41) is 11.6. The van der Waals surface area contributed by atoms with Crippen LogP contribution in [0.25, 0.3) is 17.3 Å². The number of furan rings is 1. The Morgan fingerprint density at radius 3 is 2.58 bits per heavy atom. The van der Waals surface area contributed by atoms with Gasteiger partial charge in [0, 0.05) is 14.1 Å². The number of hydrogen-bond acceptors (Lipinski definition) is 6. The molecule has 11 heteroatoms. The third kappa shape index (κ3) is 4.10. The molecule has 31 heavy (non-hydrogen) atoms. The number of thioether (sulfide) groups is 1. The van der Waals surface area contributed by atoms with Crippen molar-refractivity contribution in [1.29, 1.82) is 0 Å². The Morgan fingerprint density at radius 1 is 1.16 bits per heavy atom. The van der Waals surface area contributed by atoms with Crippen molar-refractivity contribution in [3.8, 4) is 17.3 Å². The van der Waals surface area contributed by atoms with Crippen molar-refractivity contribution in [2.45, 2.75) is 12.1 Å². The van der Waals surface area contributed by atoms with Crippen LogP contribution in [0.4, 0.5) is 5.69 Å². The minimum atomic E-state index is -0.304. The standard InChI is InChI=1S/C20H19BrN6O3S/c1-12-17(19(29)27(26(12)3)13-7-5-4-6-8-13)22-16(28)11-31-20-24-23-18(25(20)2)14-9-10-15(21)30-14/h4-10H,11H2,1-3H3,(H,22,28). The molecule has 0 saturated carbocycles. The van der Waals surface area contributed by atoms with Gasteiger partial charge in [0.15, 0.2) is 21.4 Å². The molecule has 0 aliphatic carbocycles. The van der Waals surface area contributed by atoms with Crippen molar-refractivity contribution >= 4 is 39.3 Å². The van der Waals surface area contributed by atoms with Crippen molar-refractivity contribution in [2.75, 3.05) is 11.1 Å². The van der Waals surface area contributed by atoms with Gasteiger partial charge < -0.3 is 14.3 Å². The minimum Gasteiger partial charge on any atom is -0.446 e. The molecule has 0 atom stereocenters. The Labute approximate surface area is 190 Å². The maximum Gasteiger partial charge on any atom is 0.295 e. The molecule has 4 aromatic rings. The van der Waals surface area contributed by atoms with Crippen LogP contribution in [0.2, 0.25) is 0 Å². The predicted molar refractivity (Wildman–Crippen MR) is 122 cm³/mol. The number of rotatable bonds is 6. The molecule has 0 bridgehead atoms. The van der Waals surface area contributed by atoms with Gasteiger partial charge in [-0.3, -0.25) is 14.3 Å². The van der Waals surface area contributed by atoms with Crippen LogP contribution in [-0.4, -0.2) is 35.8 Å². The van der Waals surface area contributed by atoms with E-state index in [1.165, 1.54) is 16.4 Å². The number of carbonyl (C=O) groups is 1. The summed E-state index contributed by atoms with van der Waals surface area (Å²) >= 11 is 4.49. The summed E-state index contributed by atoms with van der Waals surface area (Å²) in [5.41, 5.74) is 1.37. The van der Waals surface area contributed by atoms with Crippen molar-refractivity contribution in [3.63, 3.8) is 0 Å². The molecule has 0 spiro atoms. The van der Waals surface area contributed by atoms with Crippen LogP contribution >= 0.6 is 27.7 Å². The molecule has 1 aromatic carbocycles. The molecule has 0 fully saturated rings. The summed E-state index contributed by atoms with van der Waals surface area (Å²) in [6.07, 6.45) is 0. The number of nitrogens with one attached hydrogen (secondary N) is 1. The van der Waals surface area contributed by atoms with Gasteiger partial charge in [-0.2, -0.15) is 0 Å². The molecule has 1 amide bonds. The number of anilines is 1.